The second-order valence-electron chi connectivity index (χ2n) is 9.64. The lowest BCUT2D eigenvalue weighted by Gasteiger charge is -2.29. The van der Waals surface area contributed by atoms with Crippen molar-refractivity contribution in [2.45, 2.75) is 65.1 Å². The Labute approximate surface area is 212 Å². The molecule has 0 atom stereocenters. The highest BCUT2D eigenvalue weighted by atomic mass is 19.2. The summed E-state index contributed by atoms with van der Waals surface area (Å²) < 4.78 is 55.6. The van der Waals surface area contributed by atoms with Crippen LogP contribution in [0.2, 0.25) is 0 Å². The molecule has 5 heteroatoms. The average Bonchev–Trinajstić information content (AvgIpc) is 2.91. The second kappa shape index (κ2) is 12.6. The number of ether oxygens (including phenoxy) is 2. The molecule has 0 saturated carbocycles. The molecule has 0 spiro atoms. The van der Waals surface area contributed by atoms with E-state index >= 15 is 4.39 Å². The van der Waals surface area contributed by atoms with E-state index in [1.807, 2.05) is 6.07 Å². The summed E-state index contributed by atoms with van der Waals surface area (Å²) in [5, 5.41) is 0. The van der Waals surface area contributed by atoms with E-state index in [4.69, 9.17) is 9.47 Å². The van der Waals surface area contributed by atoms with Gasteiger partial charge in [-0.1, -0.05) is 94.5 Å². The van der Waals surface area contributed by atoms with Crippen molar-refractivity contribution in [3.8, 4) is 22.3 Å². The molecule has 1 saturated heterocycles. The van der Waals surface area contributed by atoms with E-state index in [1.165, 1.54) is 38.2 Å². The summed E-state index contributed by atoms with van der Waals surface area (Å²) in [6, 6.07) is 15.0. The first kappa shape index (κ1) is 26.4. The lowest BCUT2D eigenvalue weighted by atomic mass is 9.97. The molecule has 36 heavy (non-hydrogen) atoms. The van der Waals surface area contributed by atoms with Crippen LogP contribution in [0.25, 0.3) is 22.3 Å². The first-order valence-electron chi connectivity index (χ1n) is 13.1. The van der Waals surface area contributed by atoms with E-state index in [0.29, 0.717) is 53.4 Å². The minimum absolute atomic E-state index is 0.193. The van der Waals surface area contributed by atoms with Gasteiger partial charge in [0.15, 0.2) is 17.9 Å². The Balaban J connectivity index is 1.38. The summed E-state index contributed by atoms with van der Waals surface area (Å²) in [5.41, 5.74) is 2.82. The third-order valence-electron chi connectivity index (χ3n) is 7.00. The summed E-state index contributed by atoms with van der Waals surface area (Å²) in [4.78, 5) is 0. The summed E-state index contributed by atoms with van der Waals surface area (Å²) in [7, 11) is 0. The number of benzene rings is 3. The Hall–Kier alpha value is -2.63. The second-order valence-corrected chi connectivity index (χ2v) is 9.64. The van der Waals surface area contributed by atoms with Crippen LogP contribution in [0.1, 0.15) is 69.8 Å². The first-order valence-corrected chi connectivity index (χ1v) is 13.1. The largest absolute Gasteiger partial charge is 0.348 e. The highest BCUT2D eigenvalue weighted by Crippen LogP contribution is 2.33. The zero-order valence-corrected chi connectivity index (χ0v) is 21.2. The molecule has 0 radical (unpaired) electrons. The number of hydrogen-bond donors (Lipinski definition) is 0. The van der Waals surface area contributed by atoms with Gasteiger partial charge in [-0.2, -0.15) is 0 Å². The van der Waals surface area contributed by atoms with Gasteiger partial charge in [0.05, 0.1) is 13.2 Å². The van der Waals surface area contributed by atoms with Crippen LogP contribution in [0.15, 0.2) is 54.6 Å². The van der Waals surface area contributed by atoms with Gasteiger partial charge in [-0.15, -0.1) is 0 Å². The van der Waals surface area contributed by atoms with E-state index in [-0.39, 0.29) is 11.4 Å². The van der Waals surface area contributed by atoms with Gasteiger partial charge in [0.2, 0.25) is 0 Å². The topological polar surface area (TPSA) is 18.5 Å². The molecule has 0 amide bonds. The van der Waals surface area contributed by atoms with Crippen molar-refractivity contribution in [2.24, 2.45) is 5.92 Å². The Morgan fingerprint density at radius 2 is 1.36 bits per heavy atom. The minimum Gasteiger partial charge on any atom is -0.348 e. The fraction of sp³-hybridized carbons (Fsp3) is 0.419. The Morgan fingerprint density at radius 3 is 2.00 bits per heavy atom. The third-order valence-corrected chi connectivity index (χ3v) is 7.00. The minimum atomic E-state index is -0.858. The van der Waals surface area contributed by atoms with Crippen LogP contribution in [0.3, 0.4) is 0 Å². The van der Waals surface area contributed by atoms with Gasteiger partial charge in [0, 0.05) is 22.6 Å². The molecular formula is C31H35F3O2. The van der Waals surface area contributed by atoms with Crippen molar-refractivity contribution in [3.05, 3.63) is 83.2 Å². The monoisotopic (exact) mass is 496 g/mol. The Kier molecular flexibility index (Phi) is 9.22. The predicted octanol–water partition coefficient (Wildman–Crippen LogP) is 9.02. The van der Waals surface area contributed by atoms with Gasteiger partial charge in [0.25, 0.3) is 0 Å². The van der Waals surface area contributed by atoms with Crippen LogP contribution in [-0.4, -0.2) is 13.2 Å². The Morgan fingerprint density at radius 1 is 0.722 bits per heavy atom. The molecule has 1 aliphatic rings. The van der Waals surface area contributed by atoms with Crippen LogP contribution in [-0.2, 0) is 15.9 Å². The summed E-state index contributed by atoms with van der Waals surface area (Å²) in [6.45, 7) is 5.25. The number of hydrogen-bond acceptors (Lipinski definition) is 2. The maximum Gasteiger partial charge on any atom is 0.183 e. The predicted molar refractivity (Wildman–Crippen MR) is 138 cm³/mol. The summed E-state index contributed by atoms with van der Waals surface area (Å²) in [5.74, 6) is -1.66. The van der Waals surface area contributed by atoms with Crippen molar-refractivity contribution in [2.75, 3.05) is 13.2 Å². The fourth-order valence-corrected chi connectivity index (χ4v) is 4.77. The molecule has 0 aliphatic carbocycles. The smallest absolute Gasteiger partial charge is 0.183 e. The van der Waals surface area contributed by atoms with Crippen molar-refractivity contribution in [1.82, 2.24) is 0 Å². The molecule has 4 rings (SSSR count). The number of aryl methyl sites for hydroxylation is 1. The maximum absolute atomic E-state index is 15.0. The molecule has 0 N–H and O–H groups in total. The number of unbranched alkanes of at least 4 members (excludes halogenated alkanes) is 4. The first-order chi connectivity index (χ1) is 17.5. The van der Waals surface area contributed by atoms with Crippen LogP contribution >= 0.6 is 0 Å². The highest BCUT2D eigenvalue weighted by Gasteiger charge is 2.24. The van der Waals surface area contributed by atoms with Gasteiger partial charge >= 0.3 is 0 Å². The van der Waals surface area contributed by atoms with E-state index in [0.717, 1.165) is 6.42 Å². The maximum atomic E-state index is 15.0. The van der Waals surface area contributed by atoms with Crippen molar-refractivity contribution < 1.29 is 22.6 Å². The van der Waals surface area contributed by atoms with Crippen LogP contribution in [0.4, 0.5) is 13.2 Å². The normalized spacial score (nSPS) is 17.9. The highest BCUT2D eigenvalue weighted by molar-refractivity contribution is 5.71. The van der Waals surface area contributed by atoms with Gasteiger partial charge in [-0.3, -0.25) is 0 Å². The van der Waals surface area contributed by atoms with E-state index in [2.05, 4.69) is 6.92 Å². The number of halogens is 3. The lowest BCUT2D eigenvalue weighted by molar-refractivity contribution is -0.206. The van der Waals surface area contributed by atoms with Crippen molar-refractivity contribution >= 4 is 0 Å². The van der Waals surface area contributed by atoms with Gasteiger partial charge in [0.1, 0.15) is 5.82 Å². The van der Waals surface area contributed by atoms with Crippen LogP contribution in [0, 0.1) is 23.4 Å². The summed E-state index contributed by atoms with van der Waals surface area (Å²) in [6.07, 6.45) is 7.21. The zero-order chi connectivity index (χ0) is 25.5. The third kappa shape index (κ3) is 6.19. The SMILES string of the molecule is CCCCCCCC1COC(c2ccc(-c3ccc(-c4ccc(CC)c(F)c4F)cc3)c(F)c2)OC1. The molecule has 2 nitrogen and oxygen atoms in total. The van der Waals surface area contributed by atoms with E-state index in [1.54, 1.807) is 49.4 Å². The molecule has 0 unspecified atom stereocenters. The molecule has 1 heterocycles. The van der Waals surface area contributed by atoms with Gasteiger partial charge in [-0.25, -0.2) is 13.2 Å². The van der Waals surface area contributed by atoms with E-state index in [9.17, 15) is 8.78 Å². The van der Waals surface area contributed by atoms with Crippen LogP contribution in [0.5, 0.6) is 0 Å². The van der Waals surface area contributed by atoms with Crippen LogP contribution < -0.4 is 0 Å². The van der Waals surface area contributed by atoms with E-state index < -0.39 is 17.9 Å². The lowest BCUT2D eigenvalue weighted by Crippen LogP contribution is -2.27. The molecule has 1 aliphatic heterocycles. The van der Waals surface area contributed by atoms with Crippen molar-refractivity contribution in [1.29, 1.82) is 0 Å². The summed E-state index contributed by atoms with van der Waals surface area (Å²) >= 11 is 0. The molecular weight excluding hydrogens is 461 g/mol. The number of rotatable bonds is 10. The van der Waals surface area contributed by atoms with Crippen molar-refractivity contribution in [3.63, 3.8) is 0 Å². The quantitative estimate of drug-likeness (QED) is 0.261. The molecule has 3 aromatic rings. The molecule has 0 aromatic heterocycles. The van der Waals surface area contributed by atoms with Gasteiger partial charge in [-0.05, 0) is 35.6 Å². The molecule has 0 bridgehead atoms. The average molecular weight is 497 g/mol. The molecule has 1 fully saturated rings. The fourth-order valence-electron chi connectivity index (χ4n) is 4.77. The Bertz CT molecular complexity index is 1140. The molecule has 3 aromatic carbocycles. The van der Waals surface area contributed by atoms with Gasteiger partial charge < -0.3 is 9.47 Å². The molecule has 192 valence electrons. The standard InChI is InChI=1S/C31H35F3O2/c1-3-5-6-7-8-9-21-19-35-31(36-20-21)25-15-16-26(28(32)18-25)23-10-12-24(13-11-23)27-17-14-22(4-2)29(33)30(27)34/h10-18,21,31H,3-9,19-20H2,1-2H3. The zero-order valence-electron chi connectivity index (χ0n) is 21.2.